The molecule has 0 aromatic heterocycles. The largest absolute Gasteiger partial charge is 0.326 e. The Morgan fingerprint density at radius 1 is 1.05 bits per heavy atom. The maximum Gasteiger partial charge on any atom is 0.232 e. The van der Waals surface area contributed by atoms with E-state index < -0.39 is 0 Å². The van der Waals surface area contributed by atoms with Gasteiger partial charge in [0.05, 0.1) is 5.92 Å². The predicted octanol–water partition coefficient (Wildman–Crippen LogP) is 5.68. The average molecular weight is 336 g/mol. The van der Waals surface area contributed by atoms with Gasteiger partial charge in [-0.15, -0.1) is 0 Å². The molecule has 0 aliphatic carbocycles. The van der Waals surface area contributed by atoms with Crippen LogP contribution in [-0.4, -0.2) is 5.91 Å². The van der Waals surface area contributed by atoms with Gasteiger partial charge in [-0.1, -0.05) is 55.2 Å². The number of anilines is 1. The molecule has 0 saturated heterocycles. The average Bonchev–Trinajstić information content (AvgIpc) is 2.45. The molecule has 2 rings (SSSR count). The first-order valence-corrected chi connectivity index (χ1v) is 7.96. The first kappa shape index (κ1) is 16.9. The van der Waals surface area contributed by atoms with E-state index in [1.807, 2.05) is 57.2 Å². The third-order valence-electron chi connectivity index (χ3n) is 3.62. The van der Waals surface area contributed by atoms with E-state index in [2.05, 4.69) is 5.32 Å². The summed E-state index contributed by atoms with van der Waals surface area (Å²) in [6.45, 7) is 5.99. The standard InChI is InChI=1S/C18H19Cl2NO/c1-11(2)17(13-5-7-14(19)8-6-13)18(22)21-15-9-4-12(3)16(20)10-15/h4-11,17H,1-3H3,(H,21,22). The SMILES string of the molecule is Cc1ccc(NC(=O)C(c2ccc(Cl)cc2)C(C)C)cc1Cl. The van der Waals surface area contributed by atoms with Crippen LogP contribution in [0.1, 0.15) is 30.9 Å². The summed E-state index contributed by atoms with van der Waals surface area (Å²) in [7, 11) is 0. The first-order valence-electron chi connectivity index (χ1n) is 7.21. The third kappa shape index (κ3) is 4.02. The lowest BCUT2D eigenvalue weighted by Crippen LogP contribution is -2.25. The van der Waals surface area contributed by atoms with Crippen molar-refractivity contribution >= 4 is 34.8 Å². The lowest BCUT2D eigenvalue weighted by Gasteiger charge is -2.21. The molecular weight excluding hydrogens is 317 g/mol. The molecule has 2 aromatic carbocycles. The van der Waals surface area contributed by atoms with E-state index in [9.17, 15) is 4.79 Å². The molecule has 116 valence electrons. The molecule has 0 aliphatic heterocycles. The van der Waals surface area contributed by atoms with E-state index in [-0.39, 0.29) is 17.7 Å². The van der Waals surface area contributed by atoms with Crippen LogP contribution in [0.3, 0.4) is 0 Å². The molecule has 1 amide bonds. The molecular formula is C18H19Cl2NO. The van der Waals surface area contributed by atoms with Crippen LogP contribution < -0.4 is 5.32 Å². The minimum absolute atomic E-state index is 0.0442. The van der Waals surface area contributed by atoms with Crippen LogP contribution in [0.4, 0.5) is 5.69 Å². The molecule has 0 saturated carbocycles. The van der Waals surface area contributed by atoms with Crippen molar-refractivity contribution in [3.8, 4) is 0 Å². The first-order chi connectivity index (χ1) is 10.4. The zero-order valence-electron chi connectivity index (χ0n) is 12.9. The second-order valence-corrected chi connectivity index (χ2v) is 6.57. The van der Waals surface area contributed by atoms with Gasteiger partial charge in [0.1, 0.15) is 0 Å². The van der Waals surface area contributed by atoms with Crippen LogP contribution in [0.15, 0.2) is 42.5 Å². The van der Waals surface area contributed by atoms with Gasteiger partial charge in [0, 0.05) is 15.7 Å². The second-order valence-electron chi connectivity index (χ2n) is 5.73. The minimum Gasteiger partial charge on any atom is -0.326 e. The zero-order valence-corrected chi connectivity index (χ0v) is 14.4. The van der Waals surface area contributed by atoms with Crippen molar-refractivity contribution in [1.82, 2.24) is 0 Å². The predicted molar refractivity (Wildman–Crippen MR) is 93.8 cm³/mol. The van der Waals surface area contributed by atoms with E-state index in [1.165, 1.54) is 0 Å². The van der Waals surface area contributed by atoms with Crippen LogP contribution >= 0.6 is 23.2 Å². The zero-order chi connectivity index (χ0) is 16.3. The summed E-state index contributed by atoms with van der Waals surface area (Å²) >= 11 is 12.0. The van der Waals surface area contributed by atoms with Gasteiger partial charge in [-0.25, -0.2) is 0 Å². The third-order valence-corrected chi connectivity index (χ3v) is 4.28. The Balaban J connectivity index is 2.23. The molecule has 1 unspecified atom stereocenters. The summed E-state index contributed by atoms with van der Waals surface area (Å²) in [5, 5.41) is 4.26. The van der Waals surface area contributed by atoms with Crippen LogP contribution in [0.2, 0.25) is 10.0 Å². The summed E-state index contributed by atoms with van der Waals surface area (Å²) in [4.78, 5) is 12.6. The van der Waals surface area contributed by atoms with Crippen molar-refractivity contribution in [3.05, 3.63) is 63.6 Å². The lowest BCUT2D eigenvalue weighted by atomic mass is 9.87. The Hall–Kier alpha value is -1.51. The molecule has 0 fully saturated rings. The molecule has 1 atom stereocenters. The molecule has 2 nitrogen and oxygen atoms in total. The van der Waals surface area contributed by atoms with Crippen molar-refractivity contribution in [3.63, 3.8) is 0 Å². The molecule has 0 radical (unpaired) electrons. The van der Waals surface area contributed by atoms with Gasteiger partial charge in [0.25, 0.3) is 0 Å². The van der Waals surface area contributed by atoms with Gasteiger partial charge in [-0.05, 0) is 48.2 Å². The Morgan fingerprint density at radius 3 is 2.23 bits per heavy atom. The Bertz CT molecular complexity index is 665. The van der Waals surface area contributed by atoms with Gasteiger partial charge in [0.2, 0.25) is 5.91 Å². The summed E-state index contributed by atoms with van der Waals surface area (Å²) in [5.74, 6) is -0.114. The molecule has 22 heavy (non-hydrogen) atoms. The molecule has 0 bridgehead atoms. The topological polar surface area (TPSA) is 29.1 Å². The van der Waals surface area contributed by atoms with E-state index >= 15 is 0 Å². The molecule has 0 spiro atoms. The van der Waals surface area contributed by atoms with E-state index in [0.29, 0.717) is 15.7 Å². The molecule has 0 heterocycles. The number of rotatable bonds is 4. The molecule has 2 aromatic rings. The van der Waals surface area contributed by atoms with Gasteiger partial charge in [0.15, 0.2) is 0 Å². The summed E-state index contributed by atoms with van der Waals surface area (Å²) in [5.41, 5.74) is 2.65. The fraction of sp³-hybridized carbons (Fsp3) is 0.278. The fourth-order valence-corrected chi connectivity index (χ4v) is 2.71. The molecule has 4 heteroatoms. The van der Waals surface area contributed by atoms with Crippen molar-refractivity contribution in [2.24, 2.45) is 5.92 Å². The van der Waals surface area contributed by atoms with Crippen molar-refractivity contribution < 1.29 is 4.79 Å². The number of hydrogen-bond acceptors (Lipinski definition) is 1. The normalized spacial score (nSPS) is 12.3. The highest BCUT2D eigenvalue weighted by molar-refractivity contribution is 6.31. The summed E-state index contributed by atoms with van der Waals surface area (Å²) in [6.07, 6.45) is 0. The number of benzene rings is 2. The highest BCUT2D eigenvalue weighted by Crippen LogP contribution is 2.28. The fourth-order valence-electron chi connectivity index (χ4n) is 2.40. The van der Waals surface area contributed by atoms with Gasteiger partial charge in [-0.2, -0.15) is 0 Å². The lowest BCUT2D eigenvalue weighted by molar-refractivity contribution is -0.118. The number of hydrogen-bond donors (Lipinski definition) is 1. The maximum atomic E-state index is 12.6. The number of aryl methyl sites for hydroxylation is 1. The van der Waals surface area contributed by atoms with Gasteiger partial charge in [-0.3, -0.25) is 4.79 Å². The highest BCUT2D eigenvalue weighted by Gasteiger charge is 2.24. The quantitative estimate of drug-likeness (QED) is 0.764. The van der Waals surface area contributed by atoms with E-state index in [4.69, 9.17) is 23.2 Å². The maximum absolute atomic E-state index is 12.6. The van der Waals surface area contributed by atoms with E-state index in [0.717, 1.165) is 11.1 Å². The number of amides is 1. The van der Waals surface area contributed by atoms with Crippen molar-refractivity contribution in [2.75, 3.05) is 5.32 Å². The Morgan fingerprint density at radius 2 is 1.68 bits per heavy atom. The van der Waals surface area contributed by atoms with Gasteiger partial charge >= 0.3 is 0 Å². The number of halogens is 2. The van der Waals surface area contributed by atoms with Crippen LogP contribution in [-0.2, 0) is 4.79 Å². The molecule has 0 aliphatic rings. The Labute approximate surface area is 141 Å². The molecule has 1 N–H and O–H groups in total. The minimum atomic E-state index is -0.239. The smallest absolute Gasteiger partial charge is 0.232 e. The van der Waals surface area contributed by atoms with Gasteiger partial charge < -0.3 is 5.32 Å². The summed E-state index contributed by atoms with van der Waals surface area (Å²) < 4.78 is 0. The number of carbonyl (C=O) groups is 1. The van der Waals surface area contributed by atoms with Crippen molar-refractivity contribution in [2.45, 2.75) is 26.7 Å². The second kappa shape index (κ2) is 7.17. The summed E-state index contributed by atoms with van der Waals surface area (Å²) in [6, 6.07) is 12.9. The van der Waals surface area contributed by atoms with E-state index in [1.54, 1.807) is 6.07 Å². The van der Waals surface area contributed by atoms with Crippen LogP contribution in [0.5, 0.6) is 0 Å². The Kier molecular flexibility index (Phi) is 5.49. The van der Waals surface area contributed by atoms with Crippen LogP contribution in [0, 0.1) is 12.8 Å². The monoisotopic (exact) mass is 335 g/mol. The number of carbonyl (C=O) groups excluding carboxylic acids is 1. The van der Waals surface area contributed by atoms with Crippen LogP contribution in [0.25, 0.3) is 0 Å². The number of nitrogens with one attached hydrogen (secondary N) is 1. The van der Waals surface area contributed by atoms with Crippen molar-refractivity contribution in [1.29, 1.82) is 0 Å². The highest BCUT2D eigenvalue weighted by atomic mass is 35.5.